The van der Waals surface area contributed by atoms with E-state index in [0.29, 0.717) is 34.2 Å². The smallest absolute Gasteiger partial charge is 0.365 e. The van der Waals surface area contributed by atoms with Gasteiger partial charge in [0.25, 0.3) is 5.91 Å². The first-order chi connectivity index (χ1) is 25.8. The second kappa shape index (κ2) is 17.2. The molecule has 294 valence electrons. The number of aliphatic carboxylic acids is 1. The van der Waals surface area contributed by atoms with Crippen molar-refractivity contribution < 1.29 is 56.3 Å². The Kier molecular flexibility index (Phi) is 13.1. The molecule has 55 heavy (non-hydrogen) atoms. The lowest BCUT2D eigenvalue weighted by atomic mass is 9.95. The van der Waals surface area contributed by atoms with Crippen LogP contribution in [0.2, 0.25) is 0 Å². The molecule has 18 heteroatoms. The van der Waals surface area contributed by atoms with Crippen molar-refractivity contribution in [3.63, 3.8) is 0 Å². The summed E-state index contributed by atoms with van der Waals surface area (Å²) in [5.74, 6) is -19.8. The van der Waals surface area contributed by atoms with Crippen molar-refractivity contribution in [2.45, 2.75) is 63.0 Å². The summed E-state index contributed by atoms with van der Waals surface area (Å²) in [6.45, 7) is 1.49. The molecule has 0 radical (unpaired) electrons. The Hall–Kier alpha value is -5.72. The van der Waals surface area contributed by atoms with Crippen LogP contribution in [0.3, 0.4) is 0 Å². The Morgan fingerprint density at radius 1 is 0.855 bits per heavy atom. The van der Waals surface area contributed by atoms with Gasteiger partial charge in [0, 0.05) is 17.1 Å². The molecule has 0 aliphatic carbocycles. The van der Waals surface area contributed by atoms with Crippen molar-refractivity contribution in [3.8, 4) is 5.75 Å². The molecule has 0 fully saturated rings. The van der Waals surface area contributed by atoms with Gasteiger partial charge in [-0.1, -0.05) is 83.5 Å². The number of benzene rings is 3. The van der Waals surface area contributed by atoms with Gasteiger partial charge in [0.1, 0.15) is 11.8 Å². The fraction of sp³-hybridized carbons (Fsp3) is 0.324. The second-order valence-electron chi connectivity index (χ2n) is 13.2. The Balaban J connectivity index is 1.57. The molecule has 1 aromatic heterocycles. The number of aromatic hydroxyl groups is 1. The molecule has 4 atom stereocenters. The maximum atomic E-state index is 16.0. The maximum absolute atomic E-state index is 16.0. The third-order valence-corrected chi connectivity index (χ3v) is 8.78. The number of phenolic OH excluding ortho intramolecular Hbond substituents is 1. The monoisotopic (exact) mass is 774 g/mol. The number of carbonyl (C=O) groups excluding carboxylic acids is 4. The van der Waals surface area contributed by atoms with Crippen molar-refractivity contribution in [2.24, 2.45) is 17.4 Å². The zero-order valence-electron chi connectivity index (χ0n) is 29.5. The van der Waals surface area contributed by atoms with E-state index in [4.69, 9.17) is 11.5 Å². The SMILES string of the molecule is CC(C)C[C@@H](C(=O)O)N(C(=O)CNC(=O)[C@H](N)Cc1cn(C(=O)[C@@H](N)Cc2ccc(O)cc2)c2ccccc12)C(=O)[C@@](F)(N(F)F)C(F)(F)c1ccccc1. The largest absolute Gasteiger partial charge is 0.508 e. The first-order valence-electron chi connectivity index (χ1n) is 16.8. The number of nitrogens with zero attached hydrogens (tertiary/aromatic N) is 3. The fourth-order valence-corrected chi connectivity index (χ4v) is 5.96. The Morgan fingerprint density at radius 2 is 1.45 bits per heavy atom. The van der Waals surface area contributed by atoms with Crippen LogP contribution >= 0.6 is 0 Å². The van der Waals surface area contributed by atoms with Gasteiger partial charge in [-0.25, -0.2) is 9.18 Å². The number of phenols is 1. The molecule has 0 unspecified atom stereocenters. The lowest BCUT2D eigenvalue weighted by Gasteiger charge is -2.37. The highest BCUT2D eigenvalue weighted by molar-refractivity contribution is 6.04. The van der Waals surface area contributed by atoms with E-state index in [-0.39, 0.29) is 18.6 Å². The van der Waals surface area contributed by atoms with Gasteiger partial charge in [0.05, 0.1) is 29.5 Å². The van der Waals surface area contributed by atoms with Gasteiger partial charge >= 0.3 is 17.7 Å². The molecule has 4 aromatic rings. The van der Waals surface area contributed by atoms with Crippen molar-refractivity contribution in [2.75, 3.05) is 6.54 Å². The van der Waals surface area contributed by atoms with Gasteiger partial charge < -0.3 is 27.0 Å². The first kappa shape index (κ1) is 42.0. The average molecular weight is 775 g/mol. The summed E-state index contributed by atoms with van der Waals surface area (Å²) in [5.41, 5.74) is 12.4. The van der Waals surface area contributed by atoms with Gasteiger partial charge in [-0.3, -0.25) is 28.6 Å². The number of rotatable bonds is 16. The molecule has 0 aliphatic heterocycles. The number of carboxylic acid groups (broad SMARTS) is 1. The van der Waals surface area contributed by atoms with Crippen molar-refractivity contribution in [1.82, 2.24) is 20.1 Å². The molecule has 7 N–H and O–H groups in total. The average Bonchev–Trinajstić information content (AvgIpc) is 3.51. The quantitative estimate of drug-likeness (QED) is 0.0631. The zero-order valence-corrected chi connectivity index (χ0v) is 29.5. The lowest BCUT2D eigenvalue weighted by Crippen LogP contribution is -2.65. The van der Waals surface area contributed by atoms with Gasteiger partial charge in [-0.05, 0) is 54.5 Å². The normalized spacial score (nSPS) is 14.6. The molecule has 0 saturated carbocycles. The molecule has 0 saturated heterocycles. The van der Waals surface area contributed by atoms with Crippen LogP contribution in [-0.4, -0.2) is 85.1 Å². The highest BCUT2D eigenvalue weighted by Gasteiger charge is 2.70. The molecule has 1 heterocycles. The third kappa shape index (κ3) is 8.98. The predicted molar refractivity (Wildman–Crippen MR) is 188 cm³/mol. The van der Waals surface area contributed by atoms with E-state index in [1.807, 2.05) is 5.32 Å². The topological polar surface area (TPSA) is 201 Å². The number of halogens is 5. The van der Waals surface area contributed by atoms with Gasteiger partial charge in [-0.2, -0.15) is 8.78 Å². The van der Waals surface area contributed by atoms with E-state index < -0.39 is 94.1 Å². The van der Waals surface area contributed by atoms with Crippen LogP contribution in [-0.2, 0) is 37.9 Å². The third-order valence-electron chi connectivity index (χ3n) is 8.78. The number of imide groups is 1. The number of nitrogens with one attached hydrogen (secondary N) is 1. The molecule has 4 rings (SSSR count). The van der Waals surface area contributed by atoms with Crippen molar-refractivity contribution in [3.05, 3.63) is 102 Å². The number of aromatic nitrogens is 1. The molecular weight excluding hydrogens is 735 g/mol. The highest BCUT2D eigenvalue weighted by atomic mass is 19.4. The number of alkyl halides is 3. The van der Waals surface area contributed by atoms with Gasteiger partial charge in [0.2, 0.25) is 17.7 Å². The van der Waals surface area contributed by atoms with E-state index in [2.05, 4.69) is 0 Å². The lowest BCUT2D eigenvalue weighted by molar-refractivity contribution is -0.337. The molecule has 0 aliphatic rings. The summed E-state index contributed by atoms with van der Waals surface area (Å²) in [6.07, 6.45) is 0.613. The number of carbonyl (C=O) groups is 5. The zero-order chi connectivity index (χ0) is 40.8. The summed E-state index contributed by atoms with van der Waals surface area (Å²) in [7, 11) is 0. The summed E-state index contributed by atoms with van der Waals surface area (Å²) in [5, 5.41) is 19.2. The highest BCUT2D eigenvalue weighted by Crippen LogP contribution is 2.46. The minimum Gasteiger partial charge on any atom is -0.508 e. The summed E-state index contributed by atoms with van der Waals surface area (Å²) < 4.78 is 76.6. The van der Waals surface area contributed by atoms with E-state index in [0.717, 1.165) is 12.1 Å². The van der Waals surface area contributed by atoms with E-state index in [9.17, 15) is 43.1 Å². The molecule has 13 nitrogen and oxygen atoms in total. The Bertz CT molecular complexity index is 2030. The van der Waals surface area contributed by atoms with Crippen LogP contribution in [0.1, 0.15) is 41.8 Å². The predicted octanol–water partition coefficient (Wildman–Crippen LogP) is 3.93. The number of para-hydroxylation sites is 1. The second-order valence-corrected chi connectivity index (χ2v) is 13.2. The Morgan fingerprint density at radius 3 is 2.04 bits per heavy atom. The van der Waals surface area contributed by atoms with Crippen LogP contribution in [0.5, 0.6) is 5.75 Å². The van der Waals surface area contributed by atoms with Crippen molar-refractivity contribution >= 4 is 40.5 Å². The van der Waals surface area contributed by atoms with Crippen LogP contribution < -0.4 is 16.8 Å². The fourth-order valence-electron chi connectivity index (χ4n) is 5.96. The number of fused-ring (bicyclic) bond motifs is 1. The standard InChI is InChI=1S/C37H39F5N6O7/c1-21(2)16-30(34(53)54)47(35(55)37(40,48(41)42)36(38,39)24-8-4-3-5-9-24)31(50)19-45-32(51)27(43)18-23-20-46(29-11-7-6-10-26(23)29)33(52)28(44)17-22-12-14-25(49)15-13-22/h3-15,20-21,27-28,30,49H,16-19,43-44H2,1-2H3,(H,45,51)(H,53,54)/t27-,28+,30+,37-/m1/s1. The number of hydrogen-bond donors (Lipinski definition) is 5. The van der Waals surface area contributed by atoms with Gasteiger partial charge in [-0.15, -0.1) is 0 Å². The van der Waals surface area contributed by atoms with E-state index in [1.165, 1.54) is 42.8 Å². The molecule has 3 amide bonds. The van der Waals surface area contributed by atoms with Crippen LogP contribution in [0.15, 0.2) is 85.1 Å². The Labute approximate surface area is 311 Å². The summed E-state index contributed by atoms with van der Waals surface area (Å²) >= 11 is 0. The number of carboxylic acids is 1. The van der Waals surface area contributed by atoms with E-state index in [1.54, 1.807) is 36.4 Å². The summed E-state index contributed by atoms with van der Waals surface area (Å²) in [4.78, 5) is 65.2. The molecule has 3 aromatic carbocycles. The number of nitrogens with two attached hydrogens (primary N) is 2. The number of amides is 3. The molecule has 0 bridgehead atoms. The van der Waals surface area contributed by atoms with Crippen LogP contribution in [0.4, 0.5) is 22.1 Å². The summed E-state index contributed by atoms with van der Waals surface area (Å²) in [6, 6.07) is 12.0. The first-order valence-corrected chi connectivity index (χ1v) is 16.8. The molecule has 0 spiro atoms. The number of hydrogen-bond acceptors (Lipinski definition) is 9. The van der Waals surface area contributed by atoms with Crippen molar-refractivity contribution in [1.29, 1.82) is 0 Å². The van der Waals surface area contributed by atoms with Crippen LogP contribution in [0, 0.1) is 5.92 Å². The maximum Gasteiger partial charge on any atom is 0.365 e. The molecular formula is C37H39F5N6O7. The minimum absolute atomic E-state index is 0.0334. The van der Waals surface area contributed by atoms with Gasteiger partial charge in [0.15, 0.2) is 0 Å². The van der Waals surface area contributed by atoms with Crippen LogP contribution in [0.25, 0.3) is 10.9 Å². The minimum atomic E-state index is -5.58. The van der Waals surface area contributed by atoms with E-state index >= 15 is 13.2 Å².